The molecule has 0 atom stereocenters. The Hall–Kier alpha value is -2.93. The zero-order valence-electron chi connectivity index (χ0n) is 15.8. The summed E-state index contributed by atoms with van der Waals surface area (Å²) in [6, 6.07) is 11.7. The lowest BCUT2D eigenvalue weighted by Gasteiger charge is -2.09. The number of aromatic amines is 1. The van der Waals surface area contributed by atoms with Gasteiger partial charge in [0.25, 0.3) is 5.91 Å². The van der Waals surface area contributed by atoms with E-state index in [-0.39, 0.29) is 5.91 Å². The second-order valence-corrected chi connectivity index (χ2v) is 6.75. The van der Waals surface area contributed by atoms with Crippen LogP contribution in [0.3, 0.4) is 0 Å². The van der Waals surface area contributed by atoms with Gasteiger partial charge in [-0.25, -0.2) is 0 Å². The van der Waals surface area contributed by atoms with Crippen LogP contribution < -0.4 is 10.6 Å². The first-order chi connectivity index (χ1) is 13.1. The lowest BCUT2D eigenvalue weighted by atomic mass is 10.1. The SMILES string of the molecule is CN(C)CCCNC(=O)c1ccc(NCCc2c[nH]c3ccccc23)nn1. The predicted octanol–water partition coefficient (Wildman–Crippen LogP) is 2.29. The van der Waals surface area contributed by atoms with E-state index in [0.29, 0.717) is 18.1 Å². The van der Waals surface area contributed by atoms with Crippen LogP contribution in [-0.4, -0.2) is 59.7 Å². The summed E-state index contributed by atoms with van der Waals surface area (Å²) in [7, 11) is 4.02. The number of rotatable bonds is 9. The third-order valence-electron chi connectivity index (χ3n) is 4.34. The molecule has 0 fully saturated rings. The molecular weight excluding hydrogens is 340 g/mol. The molecule has 0 aliphatic rings. The number of hydrogen-bond acceptors (Lipinski definition) is 5. The number of nitrogens with one attached hydrogen (secondary N) is 3. The minimum Gasteiger partial charge on any atom is -0.368 e. The van der Waals surface area contributed by atoms with E-state index in [1.807, 2.05) is 32.4 Å². The van der Waals surface area contributed by atoms with Crippen LogP contribution in [0.5, 0.6) is 0 Å². The van der Waals surface area contributed by atoms with Crippen LogP contribution >= 0.6 is 0 Å². The van der Waals surface area contributed by atoms with Gasteiger partial charge >= 0.3 is 0 Å². The highest BCUT2D eigenvalue weighted by atomic mass is 16.1. The van der Waals surface area contributed by atoms with Crippen molar-refractivity contribution in [3.8, 4) is 0 Å². The molecule has 0 aliphatic heterocycles. The molecule has 0 saturated heterocycles. The number of para-hydroxylation sites is 1. The van der Waals surface area contributed by atoms with E-state index < -0.39 is 0 Å². The first kappa shape index (κ1) is 18.8. The van der Waals surface area contributed by atoms with Gasteiger partial charge in [-0.2, -0.15) is 0 Å². The van der Waals surface area contributed by atoms with Gasteiger partial charge in [0.2, 0.25) is 0 Å². The Labute approximate surface area is 159 Å². The van der Waals surface area contributed by atoms with Crippen molar-refractivity contribution in [3.63, 3.8) is 0 Å². The molecule has 3 N–H and O–H groups in total. The van der Waals surface area contributed by atoms with Gasteiger partial charge in [0, 0.05) is 30.2 Å². The van der Waals surface area contributed by atoms with Crippen LogP contribution in [0.1, 0.15) is 22.5 Å². The van der Waals surface area contributed by atoms with Crippen molar-refractivity contribution in [1.29, 1.82) is 0 Å². The maximum absolute atomic E-state index is 12.0. The van der Waals surface area contributed by atoms with E-state index >= 15 is 0 Å². The van der Waals surface area contributed by atoms with Crippen LogP contribution in [0, 0.1) is 0 Å². The van der Waals surface area contributed by atoms with E-state index in [1.165, 1.54) is 10.9 Å². The topological polar surface area (TPSA) is 85.9 Å². The van der Waals surface area contributed by atoms with Crippen molar-refractivity contribution in [1.82, 2.24) is 25.4 Å². The molecule has 3 aromatic rings. The first-order valence-electron chi connectivity index (χ1n) is 9.19. The van der Waals surface area contributed by atoms with E-state index in [2.05, 4.69) is 42.8 Å². The fourth-order valence-electron chi connectivity index (χ4n) is 2.90. The molecule has 2 heterocycles. The summed E-state index contributed by atoms with van der Waals surface area (Å²) in [5.41, 5.74) is 2.75. The Balaban J connectivity index is 1.45. The van der Waals surface area contributed by atoms with Crippen molar-refractivity contribution in [2.75, 3.05) is 39.0 Å². The third kappa shape index (κ3) is 5.27. The quantitative estimate of drug-likeness (QED) is 0.506. The minimum absolute atomic E-state index is 0.188. The third-order valence-corrected chi connectivity index (χ3v) is 4.34. The van der Waals surface area contributed by atoms with Gasteiger partial charge in [0.1, 0.15) is 5.82 Å². The van der Waals surface area contributed by atoms with Gasteiger partial charge in [0.05, 0.1) is 0 Å². The van der Waals surface area contributed by atoms with E-state index in [9.17, 15) is 4.79 Å². The van der Waals surface area contributed by atoms with E-state index in [0.717, 1.165) is 31.4 Å². The molecule has 3 rings (SSSR count). The standard InChI is InChI=1S/C20H26N6O/c1-26(2)13-5-11-22-20(27)18-8-9-19(25-24-18)21-12-10-15-14-23-17-7-4-3-6-16(15)17/h3-4,6-9,14,23H,5,10-13H2,1-2H3,(H,21,25)(H,22,27). The maximum Gasteiger partial charge on any atom is 0.271 e. The van der Waals surface area contributed by atoms with Crippen molar-refractivity contribution >= 4 is 22.6 Å². The van der Waals surface area contributed by atoms with Gasteiger partial charge in [-0.15, -0.1) is 10.2 Å². The van der Waals surface area contributed by atoms with Gasteiger partial charge in [-0.3, -0.25) is 4.79 Å². The minimum atomic E-state index is -0.188. The fraction of sp³-hybridized carbons (Fsp3) is 0.350. The number of carbonyl (C=O) groups is 1. The van der Waals surface area contributed by atoms with Gasteiger partial charge in [-0.05, 0) is 57.2 Å². The average molecular weight is 366 g/mol. The smallest absolute Gasteiger partial charge is 0.271 e. The fourth-order valence-corrected chi connectivity index (χ4v) is 2.90. The molecule has 142 valence electrons. The van der Waals surface area contributed by atoms with Gasteiger partial charge in [0.15, 0.2) is 5.69 Å². The van der Waals surface area contributed by atoms with E-state index in [1.54, 1.807) is 12.1 Å². The van der Waals surface area contributed by atoms with Crippen LogP contribution in [0.2, 0.25) is 0 Å². The Bertz CT molecular complexity index is 872. The summed E-state index contributed by atoms with van der Waals surface area (Å²) < 4.78 is 0. The summed E-state index contributed by atoms with van der Waals surface area (Å²) in [4.78, 5) is 17.4. The monoisotopic (exact) mass is 366 g/mol. The van der Waals surface area contributed by atoms with E-state index in [4.69, 9.17) is 0 Å². The zero-order valence-corrected chi connectivity index (χ0v) is 15.8. The predicted molar refractivity (Wildman–Crippen MR) is 108 cm³/mol. The van der Waals surface area contributed by atoms with Gasteiger partial charge in [-0.1, -0.05) is 18.2 Å². The number of carbonyl (C=O) groups excluding carboxylic acids is 1. The van der Waals surface area contributed by atoms with Crippen LogP contribution in [0.25, 0.3) is 10.9 Å². The summed E-state index contributed by atoms with van der Waals surface area (Å²) in [6.07, 6.45) is 3.82. The Morgan fingerprint density at radius 2 is 1.96 bits per heavy atom. The number of anilines is 1. The second kappa shape index (κ2) is 9.14. The van der Waals surface area contributed by atoms with Crippen molar-refractivity contribution in [2.24, 2.45) is 0 Å². The molecule has 7 nitrogen and oxygen atoms in total. The highest BCUT2D eigenvalue weighted by molar-refractivity contribution is 5.92. The lowest BCUT2D eigenvalue weighted by molar-refractivity contribution is 0.0946. The number of fused-ring (bicyclic) bond motifs is 1. The molecule has 7 heteroatoms. The average Bonchev–Trinajstić information content (AvgIpc) is 3.09. The Morgan fingerprint density at radius 1 is 1.11 bits per heavy atom. The molecule has 2 aromatic heterocycles. The number of hydrogen-bond donors (Lipinski definition) is 3. The maximum atomic E-state index is 12.0. The largest absolute Gasteiger partial charge is 0.368 e. The Morgan fingerprint density at radius 3 is 2.74 bits per heavy atom. The molecule has 1 amide bonds. The second-order valence-electron chi connectivity index (χ2n) is 6.75. The zero-order chi connectivity index (χ0) is 19.1. The summed E-state index contributed by atoms with van der Waals surface area (Å²) in [6.45, 7) is 2.31. The highest BCUT2D eigenvalue weighted by Crippen LogP contribution is 2.18. The summed E-state index contributed by atoms with van der Waals surface area (Å²) in [5.74, 6) is 0.477. The molecule has 1 aromatic carbocycles. The molecule has 0 unspecified atom stereocenters. The van der Waals surface area contributed by atoms with Crippen molar-refractivity contribution in [3.05, 3.63) is 53.9 Å². The number of benzene rings is 1. The number of nitrogens with zero attached hydrogens (tertiary/aromatic N) is 3. The van der Waals surface area contributed by atoms with Crippen LogP contribution in [0.4, 0.5) is 5.82 Å². The van der Waals surface area contributed by atoms with Crippen molar-refractivity contribution < 1.29 is 4.79 Å². The number of amides is 1. The molecule has 27 heavy (non-hydrogen) atoms. The molecule has 0 saturated carbocycles. The van der Waals surface area contributed by atoms with Gasteiger partial charge < -0.3 is 20.5 Å². The molecule has 0 aliphatic carbocycles. The Kier molecular flexibility index (Phi) is 6.38. The normalized spacial score (nSPS) is 11.1. The molecule has 0 radical (unpaired) electrons. The summed E-state index contributed by atoms with van der Waals surface area (Å²) >= 11 is 0. The lowest BCUT2D eigenvalue weighted by Crippen LogP contribution is -2.28. The molecule has 0 spiro atoms. The first-order valence-corrected chi connectivity index (χ1v) is 9.19. The van der Waals surface area contributed by atoms with Crippen LogP contribution in [-0.2, 0) is 6.42 Å². The number of aromatic nitrogens is 3. The highest BCUT2D eigenvalue weighted by Gasteiger charge is 2.08. The van der Waals surface area contributed by atoms with Crippen LogP contribution in [0.15, 0.2) is 42.6 Å². The number of H-pyrrole nitrogens is 1. The molecule has 0 bridgehead atoms. The molecular formula is C20H26N6O. The van der Waals surface area contributed by atoms with Crippen molar-refractivity contribution in [2.45, 2.75) is 12.8 Å². The summed E-state index contributed by atoms with van der Waals surface area (Å²) in [5, 5.41) is 15.5.